The number of anilines is 24. The highest BCUT2D eigenvalue weighted by Gasteiger charge is 2.54. The number of ether oxygens (including phenoxy) is 1. The molecule has 0 atom stereocenters. The molecular formula is C126H80B4N8O. The van der Waals surface area contributed by atoms with E-state index in [0.29, 0.717) is 0 Å². The van der Waals surface area contributed by atoms with Crippen molar-refractivity contribution in [2.24, 2.45) is 0 Å². The molecule has 9 aliphatic rings. The third-order valence-corrected chi connectivity index (χ3v) is 30.5. The molecule has 0 saturated carbocycles. The van der Waals surface area contributed by atoms with E-state index >= 15 is 0 Å². The highest BCUT2D eigenvalue weighted by Crippen LogP contribution is 2.58. The Balaban J connectivity index is 0.593. The first-order chi connectivity index (χ1) is 69.0. The first-order valence-electron chi connectivity index (χ1n) is 48.2. The smallest absolute Gasteiger partial charge is 0.253 e. The van der Waals surface area contributed by atoms with Gasteiger partial charge in [0.15, 0.2) is 11.5 Å². The molecule has 21 aromatic carbocycles. The molecule has 30 rings (SSSR count). The van der Waals surface area contributed by atoms with Crippen molar-refractivity contribution in [2.45, 2.75) is 0 Å². The number of benzene rings is 21. The largest absolute Gasteiger partial charge is 0.453 e. The van der Waals surface area contributed by atoms with E-state index in [1.165, 1.54) is 105 Å². The van der Waals surface area contributed by atoms with E-state index in [-0.39, 0.29) is 26.9 Å². The van der Waals surface area contributed by atoms with Gasteiger partial charge in [-0.15, -0.1) is 0 Å². The van der Waals surface area contributed by atoms with Gasteiger partial charge in [0.1, 0.15) is 0 Å². The van der Waals surface area contributed by atoms with E-state index < -0.39 is 0 Å². The minimum Gasteiger partial charge on any atom is -0.453 e. The van der Waals surface area contributed by atoms with E-state index in [1.807, 2.05) is 0 Å². The molecule has 9 aliphatic heterocycles. The van der Waals surface area contributed by atoms with E-state index in [0.717, 1.165) is 153 Å². The molecule has 0 fully saturated rings. The Morgan fingerprint density at radius 1 is 0.158 bits per heavy atom. The maximum atomic E-state index is 7.28. The average Bonchev–Trinajstić information content (AvgIpc) is 0.662. The van der Waals surface area contributed by atoms with Gasteiger partial charge in [0.05, 0.1) is 11.4 Å². The van der Waals surface area contributed by atoms with Gasteiger partial charge in [0.2, 0.25) is 0 Å². The van der Waals surface area contributed by atoms with Crippen molar-refractivity contribution < 1.29 is 4.74 Å². The highest BCUT2D eigenvalue weighted by atomic mass is 16.5. The summed E-state index contributed by atoms with van der Waals surface area (Å²) in [5.74, 6) is 1.63. The zero-order valence-corrected chi connectivity index (χ0v) is 75.5. The van der Waals surface area contributed by atoms with E-state index in [4.69, 9.17) is 4.74 Å². The summed E-state index contributed by atoms with van der Waals surface area (Å²) in [6, 6.07) is 182. The summed E-state index contributed by atoms with van der Waals surface area (Å²) in [4.78, 5) is 20.3. The number of hydrogen-bond donors (Lipinski definition) is 0. The van der Waals surface area contributed by atoms with Crippen molar-refractivity contribution in [1.29, 1.82) is 0 Å². The molecule has 13 heteroatoms. The fourth-order valence-electron chi connectivity index (χ4n) is 24.9. The van der Waals surface area contributed by atoms with Crippen LogP contribution in [-0.2, 0) is 0 Å². The summed E-state index contributed by atoms with van der Waals surface area (Å²) < 4.78 is 7.28. The van der Waals surface area contributed by atoms with Gasteiger partial charge in [0.25, 0.3) is 26.9 Å². The van der Waals surface area contributed by atoms with Gasteiger partial charge >= 0.3 is 0 Å². The van der Waals surface area contributed by atoms with Crippen molar-refractivity contribution in [3.63, 3.8) is 0 Å². The molecule has 0 saturated heterocycles. The molecule has 0 spiro atoms. The molecule has 21 aromatic rings. The SMILES string of the molecule is c1ccc(-c2cccc(N3c4cc(-c5ccccc5)ccc4B4c5ccc(N(c6ccccc6)c6ccc(-c7ccc(N8c9ccccc9B9c%10ccccc%10N%10c%11ccccc%11B%11c%12ccccc%12N(c%12ccccc%12)c%12cc8c9c%10c%12%11)cc7)cc6)cc5N(c5ccccc5)c5cc(-c6ccc7c8c6B6c9ccccc9N(c9ccccc9)c9cccc(c96)N8c6ccccc6O7)cc3c54)c2)cc1. The van der Waals surface area contributed by atoms with Crippen LogP contribution in [0.5, 0.6) is 11.5 Å². The number of para-hydroxylation sites is 11. The van der Waals surface area contributed by atoms with Crippen molar-refractivity contribution in [3.8, 4) is 56.0 Å². The Morgan fingerprint density at radius 3 is 1.04 bits per heavy atom. The van der Waals surface area contributed by atoms with Crippen molar-refractivity contribution in [3.05, 3.63) is 485 Å². The van der Waals surface area contributed by atoms with Gasteiger partial charge in [-0.2, -0.15) is 0 Å². The van der Waals surface area contributed by atoms with Gasteiger partial charge in [-0.25, -0.2) is 0 Å². The molecular weight excluding hydrogens is 1680 g/mol. The van der Waals surface area contributed by atoms with Crippen LogP contribution in [0.15, 0.2) is 485 Å². The molecule has 9 nitrogen and oxygen atoms in total. The van der Waals surface area contributed by atoms with Gasteiger partial charge in [-0.3, -0.25) is 0 Å². The monoisotopic (exact) mass is 1760 g/mol. The predicted octanol–water partition coefficient (Wildman–Crippen LogP) is 24.8. The van der Waals surface area contributed by atoms with Crippen LogP contribution in [0.2, 0.25) is 0 Å². The summed E-state index contributed by atoms with van der Waals surface area (Å²) in [5, 5.41) is 0. The third kappa shape index (κ3) is 11.4. The zero-order chi connectivity index (χ0) is 90.8. The second-order valence-corrected chi connectivity index (χ2v) is 37.6. The second-order valence-electron chi connectivity index (χ2n) is 37.6. The molecule has 0 bridgehead atoms. The first kappa shape index (κ1) is 77.5. The van der Waals surface area contributed by atoms with Crippen molar-refractivity contribution in [1.82, 2.24) is 0 Å². The predicted molar refractivity (Wildman–Crippen MR) is 584 cm³/mol. The van der Waals surface area contributed by atoms with Crippen LogP contribution in [0.4, 0.5) is 136 Å². The van der Waals surface area contributed by atoms with E-state index in [2.05, 4.69) is 525 Å². The standard InChI is InChI=1S/C126H80B4N8O/c1-7-33-81(34-8-1)85-37-31-46-94(75-85)136-112-76-86(82-35-9-2-10-36-82)65-72-102(112)127-103-73-70-95(79-113(103)135(91-44-17-6-18-45-91)114-77-87(78-115(136)122(114)127)96-71-74-119-125-120(96)130-101-51-23-26-54-106(101)132(89-40-13-4-14-41-89)110-58-32-59-111(121(110)130)138(125)109-57-29-30-60-118(109)139-119)131(88-38-11-3-12-39-88)92-66-61-83(62-67-92)84-63-68-93(69-64-84)134-105-53-25-20-48-98(105)129-100-50-22-28-56-108(100)137-107-55-27-21-49-99(107)128-97-47-19-24-52-104(97)133(90-42-15-5-16-43-90)116-80-117(134)124(129)126(137)123(116)128/h1-80H. The van der Waals surface area contributed by atoms with E-state index in [9.17, 15) is 0 Å². The zero-order valence-electron chi connectivity index (χ0n) is 75.5. The van der Waals surface area contributed by atoms with Crippen LogP contribution >= 0.6 is 0 Å². The minimum absolute atomic E-state index is 0.00717. The lowest BCUT2D eigenvalue weighted by Crippen LogP contribution is -2.68. The normalized spacial score (nSPS) is 13.7. The fraction of sp³-hybridized carbons (Fsp3) is 0. The fourth-order valence-corrected chi connectivity index (χ4v) is 24.9. The number of hydrogen-bond acceptors (Lipinski definition) is 9. The van der Waals surface area contributed by atoms with Crippen LogP contribution < -0.4 is 109 Å². The summed E-state index contributed by atoms with van der Waals surface area (Å²) in [6.45, 7) is -0.481. The van der Waals surface area contributed by atoms with Crippen molar-refractivity contribution in [2.75, 3.05) is 39.2 Å². The summed E-state index contributed by atoms with van der Waals surface area (Å²) in [5.41, 5.74) is 51.1. The lowest BCUT2D eigenvalue weighted by atomic mass is 9.29. The summed E-state index contributed by atoms with van der Waals surface area (Å²) in [6.07, 6.45) is 0. The van der Waals surface area contributed by atoms with Gasteiger partial charge in [-0.1, -0.05) is 303 Å². The molecule has 0 amide bonds. The maximum absolute atomic E-state index is 7.28. The van der Waals surface area contributed by atoms with Crippen molar-refractivity contribution >= 4 is 229 Å². The number of fused-ring (bicyclic) bond motifs is 20. The van der Waals surface area contributed by atoms with Gasteiger partial charge in [0, 0.05) is 125 Å². The molecule has 9 heterocycles. The van der Waals surface area contributed by atoms with Crippen LogP contribution in [0.25, 0.3) is 44.5 Å². The lowest BCUT2D eigenvalue weighted by molar-refractivity contribution is 0.477. The maximum Gasteiger partial charge on any atom is 0.253 e. The summed E-state index contributed by atoms with van der Waals surface area (Å²) >= 11 is 0. The number of nitrogens with zero attached hydrogens (tertiary/aromatic N) is 8. The first-order valence-corrected chi connectivity index (χ1v) is 48.2. The van der Waals surface area contributed by atoms with Gasteiger partial charge in [-0.05, 0) is 292 Å². The molecule has 642 valence electrons. The van der Waals surface area contributed by atoms with Crippen LogP contribution in [0.3, 0.4) is 0 Å². The molecule has 0 unspecified atom stereocenters. The molecule has 0 aromatic heterocycles. The minimum atomic E-state index is -0.241. The Bertz CT molecular complexity index is 8680. The average molecular weight is 1770 g/mol. The third-order valence-electron chi connectivity index (χ3n) is 30.5. The Labute approximate surface area is 808 Å². The Morgan fingerprint density at radius 2 is 0.489 bits per heavy atom. The second kappa shape index (κ2) is 30.3. The highest BCUT2D eigenvalue weighted by molar-refractivity contribution is 7.05. The summed E-state index contributed by atoms with van der Waals surface area (Å²) in [7, 11) is 0. The number of rotatable bonds is 12. The van der Waals surface area contributed by atoms with Crippen LogP contribution in [0, 0.1) is 0 Å². The van der Waals surface area contributed by atoms with E-state index in [1.54, 1.807) is 0 Å². The van der Waals surface area contributed by atoms with Crippen LogP contribution in [-0.4, -0.2) is 26.9 Å². The van der Waals surface area contributed by atoms with Crippen LogP contribution in [0.1, 0.15) is 0 Å². The Hall–Kier alpha value is -17.9. The molecule has 139 heavy (non-hydrogen) atoms. The van der Waals surface area contributed by atoms with Gasteiger partial charge < -0.3 is 43.9 Å². The molecule has 0 radical (unpaired) electrons. The quantitative estimate of drug-likeness (QED) is 0.111. The molecule has 0 aliphatic carbocycles. The topological polar surface area (TPSA) is 35.2 Å². The lowest BCUT2D eigenvalue weighted by Gasteiger charge is -2.51. The molecule has 0 N–H and O–H groups in total. The Kier molecular flexibility index (Phi) is 16.9.